The highest BCUT2D eigenvalue weighted by Crippen LogP contribution is 2.17. The minimum atomic E-state index is -2.52. The van der Waals surface area contributed by atoms with Crippen molar-refractivity contribution in [1.82, 2.24) is 10.2 Å². The fourth-order valence-corrected chi connectivity index (χ4v) is 5.67. The summed E-state index contributed by atoms with van der Waals surface area (Å²) >= 11 is 0. The maximum Gasteiger partial charge on any atom is 0.500 e. The average molecular weight is 361 g/mol. The van der Waals surface area contributed by atoms with Gasteiger partial charge in [0.15, 0.2) is 0 Å². The van der Waals surface area contributed by atoms with Crippen molar-refractivity contribution >= 4 is 14.7 Å². The number of amides is 1. The van der Waals surface area contributed by atoms with E-state index in [1.165, 1.54) is 6.42 Å². The molecule has 1 heterocycles. The lowest BCUT2D eigenvalue weighted by Gasteiger charge is -2.28. The number of rotatable bonds is 13. The van der Waals surface area contributed by atoms with Crippen LogP contribution >= 0.6 is 0 Å². The Balaban J connectivity index is 2.19. The topological polar surface area (TPSA) is 60.0 Å². The Morgan fingerprint density at radius 1 is 0.958 bits per heavy atom. The number of hydrogen-bond donors (Lipinski definition) is 1. The van der Waals surface area contributed by atoms with Crippen molar-refractivity contribution in [1.29, 1.82) is 0 Å². The Hall–Kier alpha value is -0.473. The standard InChI is InChI=1S/C17H36N2O4Si/c1-4-21-24(22-5-2,23-6-3)16-10-12-18-13-11-17(20)19-14-8-7-9-15-19/h18H,4-16H2,1-3H3. The third-order valence-corrected chi connectivity index (χ3v) is 7.31. The van der Waals surface area contributed by atoms with Crippen LogP contribution in [0.4, 0.5) is 0 Å². The van der Waals surface area contributed by atoms with Gasteiger partial charge in [0.25, 0.3) is 0 Å². The van der Waals surface area contributed by atoms with Gasteiger partial charge in [-0.25, -0.2) is 0 Å². The summed E-state index contributed by atoms with van der Waals surface area (Å²) in [6.07, 6.45) is 5.08. The first kappa shape index (κ1) is 21.6. The van der Waals surface area contributed by atoms with E-state index in [-0.39, 0.29) is 5.91 Å². The zero-order chi connectivity index (χ0) is 17.7. The lowest BCUT2D eigenvalue weighted by Crippen LogP contribution is -2.46. The molecule has 1 aliphatic heterocycles. The first-order valence-electron chi connectivity index (χ1n) is 9.57. The first-order chi connectivity index (χ1) is 11.7. The molecule has 0 aliphatic carbocycles. The molecule has 0 aromatic rings. The van der Waals surface area contributed by atoms with Crippen LogP contribution in [-0.4, -0.2) is 65.6 Å². The molecule has 0 radical (unpaired) electrons. The van der Waals surface area contributed by atoms with Gasteiger partial charge in [-0.15, -0.1) is 0 Å². The number of likely N-dealkylation sites (tertiary alicyclic amines) is 1. The third-order valence-electron chi connectivity index (χ3n) is 4.15. The van der Waals surface area contributed by atoms with E-state index in [4.69, 9.17) is 13.3 Å². The predicted molar refractivity (Wildman–Crippen MR) is 98.0 cm³/mol. The van der Waals surface area contributed by atoms with Gasteiger partial charge in [0, 0.05) is 51.9 Å². The molecule has 0 atom stereocenters. The average Bonchev–Trinajstić information content (AvgIpc) is 2.59. The van der Waals surface area contributed by atoms with Gasteiger partial charge >= 0.3 is 8.80 Å². The number of carbonyl (C=O) groups excluding carboxylic acids is 1. The molecule has 1 fully saturated rings. The molecule has 1 aliphatic rings. The second-order valence-corrected chi connectivity index (χ2v) is 8.76. The predicted octanol–water partition coefficient (Wildman–Crippen LogP) is 2.42. The Labute approximate surface area is 148 Å². The summed E-state index contributed by atoms with van der Waals surface area (Å²) in [6, 6.07) is 0.815. The highest BCUT2D eigenvalue weighted by molar-refractivity contribution is 6.60. The van der Waals surface area contributed by atoms with Crippen molar-refractivity contribution in [3.05, 3.63) is 0 Å². The van der Waals surface area contributed by atoms with Crippen LogP contribution in [0.3, 0.4) is 0 Å². The zero-order valence-corrected chi connectivity index (χ0v) is 16.8. The maximum atomic E-state index is 12.1. The smallest absolute Gasteiger partial charge is 0.374 e. The minimum absolute atomic E-state index is 0.281. The van der Waals surface area contributed by atoms with E-state index in [0.29, 0.717) is 26.2 Å². The Bertz CT molecular complexity index is 322. The van der Waals surface area contributed by atoms with Gasteiger partial charge in [-0.3, -0.25) is 4.79 Å². The van der Waals surface area contributed by atoms with Crippen molar-refractivity contribution in [2.24, 2.45) is 0 Å². The van der Waals surface area contributed by atoms with Gasteiger partial charge in [0.1, 0.15) is 0 Å². The van der Waals surface area contributed by atoms with E-state index < -0.39 is 8.80 Å². The molecule has 0 unspecified atom stereocenters. The molecular weight excluding hydrogens is 324 g/mol. The lowest BCUT2D eigenvalue weighted by molar-refractivity contribution is -0.131. The summed E-state index contributed by atoms with van der Waals surface area (Å²) in [5.74, 6) is 0.281. The van der Waals surface area contributed by atoms with Crippen molar-refractivity contribution in [2.75, 3.05) is 46.0 Å². The van der Waals surface area contributed by atoms with Crippen molar-refractivity contribution in [3.8, 4) is 0 Å². The number of carbonyl (C=O) groups is 1. The highest BCUT2D eigenvalue weighted by Gasteiger charge is 2.39. The van der Waals surface area contributed by atoms with Crippen LogP contribution < -0.4 is 5.32 Å². The molecular formula is C17H36N2O4Si. The fourth-order valence-electron chi connectivity index (χ4n) is 3.05. The summed E-state index contributed by atoms with van der Waals surface area (Å²) < 4.78 is 17.5. The van der Waals surface area contributed by atoms with Crippen LogP contribution in [0.15, 0.2) is 0 Å². The summed E-state index contributed by atoms with van der Waals surface area (Å²) in [5, 5.41) is 3.36. The van der Waals surface area contributed by atoms with E-state index in [2.05, 4.69) is 5.32 Å². The van der Waals surface area contributed by atoms with Gasteiger partial charge in [-0.05, 0) is 53.0 Å². The fraction of sp³-hybridized carbons (Fsp3) is 0.941. The molecule has 142 valence electrons. The first-order valence-corrected chi connectivity index (χ1v) is 11.5. The molecule has 0 aromatic carbocycles. The molecule has 1 rings (SSSR count). The summed E-state index contributed by atoms with van der Waals surface area (Å²) in [6.45, 7) is 11.2. The number of nitrogens with zero attached hydrogens (tertiary/aromatic N) is 1. The van der Waals surface area contributed by atoms with Crippen LogP contribution in [0.5, 0.6) is 0 Å². The molecule has 7 heteroatoms. The maximum absolute atomic E-state index is 12.1. The van der Waals surface area contributed by atoms with E-state index in [0.717, 1.165) is 51.5 Å². The summed E-state index contributed by atoms with van der Waals surface area (Å²) in [4.78, 5) is 14.1. The molecule has 0 bridgehead atoms. The van der Waals surface area contributed by atoms with Crippen LogP contribution in [0.1, 0.15) is 52.9 Å². The van der Waals surface area contributed by atoms with Gasteiger partial charge in [0.05, 0.1) is 0 Å². The van der Waals surface area contributed by atoms with E-state index in [1.807, 2.05) is 25.7 Å². The number of nitrogens with one attached hydrogen (secondary N) is 1. The van der Waals surface area contributed by atoms with E-state index >= 15 is 0 Å². The zero-order valence-electron chi connectivity index (χ0n) is 15.8. The van der Waals surface area contributed by atoms with Crippen molar-refractivity contribution in [3.63, 3.8) is 0 Å². The third kappa shape index (κ3) is 8.07. The molecule has 24 heavy (non-hydrogen) atoms. The molecule has 0 saturated carbocycles. The van der Waals surface area contributed by atoms with Crippen molar-refractivity contribution < 1.29 is 18.1 Å². The molecule has 1 saturated heterocycles. The molecule has 6 nitrogen and oxygen atoms in total. The Morgan fingerprint density at radius 2 is 1.54 bits per heavy atom. The number of hydrogen-bond acceptors (Lipinski definition) is 5. The molecule has 0 spiro atoms. The summed E-state index contributed by atoms with van der Waals surface area (Å²) in [5.41, 5.74) is 0. The largest absolute Gasteiger partial charge is 0.500 e. The normalized spacial score (nSPS) is 15.7. The lowest BCUT2D eigenvalue weighted by atomic mass is 10.1. The summed E-state index contributed by atoms with van der Waals surface area (Å²) in [7, 11) is -2.52. The SMILES string of the molecule is CCO[Si](CCCNCCC(=O)N1CCCCC1)(OCC)OCC. The molecule has 0 aromatic heterocycles. The van der Waals surface area contributed by atoms with Crippen LogP contribution in [-0.2, 0) is 18.1 Å². The molecule has 1 amide bonds. The van der Waals surface area contributed by atoms with Gasteiger partial charge < -0.3 is 23.5 Å². The Kier molecular flexibility index (Phi) is 11.5. The van der Waals surface area contributed by atoms with Crippen molar-refractivity contribution in [2.45, 2.75) is 58.9 Å². The Morgan fingerprint density at radius 3 is 2.08 bits per heavy atom. The van der Waals surface area contributed by atoms with E-state index in [9.17, 15) is 4.79 Å². The van der Waals surface area contributed by atoms with Gasteiger partial charge in [0.2, 0.25) is 5.91 Å². The quantitative estimate of drug-likeness (QED) is 0.404. The van der Waals surface area contributed by atoms with Crippen LogP contribution in [0, 0.1) is 0 Å². The van der Waals surface area contributed by atoms with Gasteiger partial charge in [-0.2, -0.15) is 0 Å². The highest BCUT2D eigenvalue weighted by atomic mass is 28.4. The monoisotopic (exact) mass is 360 g/mol. The second kappa shape index (κ2) is 12.8. The second-order valence-electron chi connectivity index (χ2n) is 6.03. The van der Waals surface area contributed by atoms with Gasteiger partial charge in [-0.1, -0.05) is 0 Å². The van der Waals surface area contributed by atoms with Crippen LogP contribution in [0.2, 0.25) is 6.04 Å². The van der Waals surface area contributed by atoms with E-state index in [1.54, 1.807) is 0 Å². The number of piperidine rings is 1. The van der Waals surface area contributed by atoms with Crippen LogP contribution in [0.25, 0.3) is 0 Å². The minimum Gasteiger partial charge on any atom is -0.374 e. The molecule has 1 N–H and O–H groups in total.